The second-order valence-electron chi connectivity index (χ2n) is 5.99. The maximum Gasteiger partial charge on any atom is 0.311 e. The number of carbonyl (C=O) groups excluding carboxylic acids is 1. The summed E-state index contributed by atoms with van der Waals surface area (Å²) in [7, 11) is 0. The van der Waals surface area contributed by atoms with Gasteiger partial charge in [-0.15, -0.1) is 10.2 Å². The van der Waals surface area contributed by atoms with Gasteiger partial charge < -0.3 is 9.32 Å². The summed E-state index contributed by atoms with van der Waals surface area (Å²) in [5, 5.41) is 7.92. The molecule has 1 amide bonds. The Labute approximate surface area is 130 Å². The highest BCUT2D eigenvalue weighted by Crippen LogP contribution is 2.17. The molecule has 1 aliphatic rings. The minimum Gasteiger partial charge on any atom is -0.417 e. The van der Waals surface area contributed by atoms with Crippen LogP contribution in [-0.2, 0) is 12.8 Å². The van der Waals surface area contributed by atoms with Crippen LogP contribution in [0, 0.1) is 5.92 Å². The van der Waals surface area contributed by atoms with Gasteiger partial charge >= 0.3 is 11.8 Å². The van der Waals surface area contributed by atoms with Crippen LogP contribution in [0.1, 0.15) is 41.9 Å². The zero-order chi connectivity index (χ0) is 15.4. The third kappa shape index (κ3) is 3.53. The first-order chi connectivity index (χ1) is 10.7. The van der Waals surface area contributed by atoms with E-state index >= 15 is 0 Å². The van der Waals surface area contributed by atoms with Crippen LogP contribution in [0.5, 0.6) is 0 Å². The molecule has 5 heteroatoms. The normalized spacial score (nSPS) is 18.4. The minimum atomic E-state index is -0.134. The van der Waals surface area contributed by atoms with E-state index in [1.165, 1.54) is 12.0 Å². The van der Waals surface area contributed by atoms with Crippen molar-refractivity contribution in [1.82, 2.24) is 15.1 Å². The molecular weight excluding hydrogens is 278 g/mol. The quantitative estimate of drug-likeness (QED) is 0.871. The standard InChI is InChI=1S/C17H21N3O2/c1-13-6-5-11-20(12-13)17(21)16-19-18-15(22-16)10-9-14-7-3-2-4-8-14/h2-4,7-8,13H,5-6,9-12H2,1H3. The fourth-order valence-electron chi connectivity index (χ4n) is 2.85. The van der Waals surface area contributed by atoms with Crippen molar-refractivity contribution in [3.63, 3.8) is 0 Å². The van der Waals surface area contributed by atoms with Gasteiger partial charge in [-0.05, 0) is 30.7 Å². The number of hydrogen-bond donors (Lipinski definition) is 0. The highest BCUT2D eigenvalue weighted by molar-refractivity contribution is 5.89. The van der Waals surface area contributed by atoms with Crippen molar-refractivity contribution in [2.75, 3.05) is 13.1 Å². The number of nitrogens with zero attached hydrogens (tertiary/aromatic N) is 3. The fourth-order valence-corrected chi connectivity index (χ4v) is 2.85. The molecule has 1 saturated heterocycles. The Bertz CT molecular complexity index is 624. The smallest absolute Gasteiger partial charge is 0.311 e. The Kier molecular flexibility index (Phi) is 4.51. The van der Waals surface area contributed by atoms with E-state index in [9.17, 15) is 4.79 Å². The number of piperidine rings is 1. The van der Waals surface area contributed by atoms with Crippen LogP contribution in [0.25, 0.3) is 0 Å². The summed E-state index contributed by atoms with van der Waals surface area (Å²) < 4.78 is 5.54. The minimum absolute atomic E-state index is 0.122. The second-order valence-corrected chi connectivity index (χ2v) is 5.99. The van der Waals surface area contributed by atoms with E-state index in [2.05, 4.69) is 29.3 Å². The molecule has 1 fully saturated rings. The van der Waals surface area contributed by atoms with Crippen LogP contribution in [0.3, 0.4) is 0 Å². The molecule has 0 aliphatic carbocycles. The van der Waals surface area contributed by atoms with Gasteiger partial charge in [-0.25, -0.2) is 0 Å². The lowest BCUT2D eigenvalue weighted by Gasteiger charge is -2.29. The van der Waals surface area contributed by atoms with E-state index in [1.807, 2.05) is 23.1 Å². The molecule has 2 heterocycles. The first kappa shape index (κ1) is 14.8. The van der Waals surface area contributed by atoms with E-state index in [1.54, 1.807) is 0 Å². The lowest BCUT2D eigenvalue weighted by molar-refractivity contribution is 0.0641. The van der Waals surface area contributed by atoms with Crippen LogP contribution in [-0.4, -0.2) is 34.1 Å². The van der Waals surface area contributed by atoms with Crippen molar-refractivity contribution in [3.8, 4) is 0 Å². The summed E-state index contributed by atoms with van der Waals surface area (Å²) >= 11 is 0. The zero-order valence-electron chi connectivity index (χ0n) is 12.9. The summed E-state index contributed by atoms with van der Waals surface area (Å²) in [6, 6.07) is 10.1. The number of rotatable bonds is 4. The van der Waals surface area contributed by atoms with E-state index in [-0.39, 0.29) is 11.8 Å². The molecule has 0 saturated carbocycles. The van der Waals surface area contributed by atoms with E-state index < -0.39 is 0 Å². The van der Waals surface area contributed by atoms with Gasteiger partial charge in [-0.1, -0.05) is 37.3 Å². The highest BCUT2D eigenvalue weighted by Gasteiger charge is 2.25. The molecule has 0 bridgehead atoms. The molecule has 1 atom stereocenters. The van der Waals surface area contributed by atoms with Crippen LogP contribution < -0.4 is 0 Å². The molecule has 2 aromatic rings. The van der Waals surface area contributed by atoms with Gasteiger partial charge in [0.1, 0.15) is 0 Å². The molecule has 0 spiro atoms. The van der Waals surface area contributed by atoms with Crippen LogP contribution in [0.4, 0.5) is 0 Å². The molecule has 1 aromatic carbocycles. The van der Waals surface area contributed by atoms with Crippen molar-refractivity contribution < 1.29 is 9.21 Å². The average molecular weight is 299 g/mol. The van der Waals surface area contributed by atoms with Crippen molar-refractivity contribution in [1.29, 1.82) is 0 Å². The van der Waals surface area contributed by atoms with E-state index in [4.69, 9.17) is 4.42 Å². The molecule has 0 radical (unpaired) electrons. The van der Waals surface area contributed by atoms with Gasteiger partial charge in [0.15, 0.2) is 0 Å². The number of aryl methyl sites for hydroxylation is 2. The Morgan fingerprint density at radius 2 is 2.09 bits per heavy atom. The topological polar surface area (TPSA) is 59.2 Å². The lowest BCUT2D eigenvalue weighted by atomic mass is 10.0. The van der Waals surface area contributed by atoms with E-state index in [0.29, 0.717) is 18.2 Å². The van der Waals surface area contributed by atoms with Crippen LogP contribution in [0.15, 0.2) is 34.7 Å². The summed E-state index contributed by atoms with van der Waals surface area (Å²) in [6.45, 7) is 3.73. The number of amides is 1. The van der Waals surface area contributed by atoms with Gasteiger partial charge in [0.05, 0.1) is 0 Å². The van der Waals surface area contributed by atoms with E-state index in [0.717, 1.165) is 25.9 Å². The van der Waals surface area contributed by atoms with Gasteiger partial charge in [-0.2, -0.15) is 0 Å². The summed E-state index contributed by atoms with van der Waals surface area (Å²) in [5.41, 5.74) is 1.22. The lowest BCUT2D eigenvalue weighted by Crippen LogP contribution is -2.39. The SMILES string of the molecule is CC1CCCN(C(=O)c2nnc(CCc3ccccc3)o2)C1. The molecule has 116 valence electrons. The summed E-state index contributed by atoms with van der Waals surface area (Å²) in [4.78, 5) is 14.2. The monoisotopic (exact) mass is 299 g/mol. The predicted octanol–water partition coefficient (Wildman–Crippen LogP) is 2.73. The zero-order valence-corrected chi connectivity index (χ0v) is 12.9. The molecule has 22 heavy (non-hydrogen) atoms. The van der Waals surface area contributed by atoms with Crippen molar-refractivity contribution >= 4 is 5.91 Å². The second kappa shape index (κ2) is 6.73. The molecule has 0 N–H and O–H groups in total. The summed E-state index contributed by atoms with van der Waals surface area (Å²) in [5.74, 6) is 1.05. The molecule has 1 aromatic heterocycles. The molecule has 1 aliphatic heterocycles. The number of aromatic nitrogens is 2. The first-order valence-electron chi connectivity index (χ1n) is 7.88. The van der Waals surface area contributed by atoms with Crippen LogP contribution in [0.2, 0.25) is 0 Å². The first-order valence-corrected chi connectivity index (χ1v) is 7.88. The Hall–Kier alpha value is -2.17. The highest BCUT2D eigenvalue weighted by atomic mass is 16.4. The Balaban J connectivity index is 1.59. The third-order valence-corrected chi connectivity index (χ3v) is 4.06. The fraction of sp³-hybridized carbons (Fsp3) is 0.471. The van der Waals surface area contributed by atoms with Crippen LogP contribution >= 0.6 is 0 Å². The predicted molar refractivity (Wildman–Crippen MR) is 82.4 cm³/mol. The van der Waals surface area contributed by atoms with Crippen molar-refractivity contribution in [3.05, 3.63) is 47.7 Å². The van der Waals surface area contributed by atoms with Gasteiger partial charge in [0.25, 0.3) is 0 Å². The molecule has 1 unspecified atom stereocenters. The number of benzene rings is 1. The van der Waals surface area contributed by atoms with Gasteiger partial charge in [-0.3, -0.25) is 4.79 Å². The number of carbonyl (C=O) groups is 1. The molecule has 3 rings (SSSR count). The van der Waals surface area contributed by atoms with Gasteiger partial charge in [0, 0.05) is 19.5 Å². The third-order valence-electron chi connectivity index (χ3n) is 4.06. The Morgan fingerprint density at radius 1 is 1.27 bits per heavy atom. The summed E-state index contributed by atoms with van der Waals surface area (Å²) in [6.07, 6.45) is 3.70. The molecular formula is C17H21N3O2. The molecule has 5 nitrogen and oxygen atoms in total. The van der Waals surface area contributed by atoms with Crippen molar-refractivity contribution in [2.45, 2.75) is 32.6 Å². The maximum absolute atomic E-state index is 12.4. The number of hydrogen-bond acceptors (Lipinski definition) is 4. The van der Waals surface area contributed by atoms with Crippen molar-refractivity contribution in [2.24, 2.45) is 5.92 Å². The maximum atomic E-state index is 12.4. The van der Waals surface area contributed by atoms with Gasteiger partial charge in [0.2, 0.25) is 5.89 Å². The largest absolute Gasteiger partial charge is 0.417 e. The Morgan fingerprint density at radius 3 is 2.86 bits per heavy atom. The average Bonchev–Trinajstić information content (AvgIpc) is 3.02. The number of likely N-dealkylation sites (tertiary alicyclic amines) is 1.